The molecule has 6 nitrogen and oxygen atoms in total. The van der Waals surface area contributed by atoms with Crippen LogP contribution in [0.3, 0.4) is 0 Å². The minimum absolute atomic E-state index is 0.0345. The monoisotopic (exact) mass is 366 g/mol. The summed E-state index contributed by atoms with van der Waals surface area (Å²) in [6.45, 7) is 5.09. The van der Waals surface area contributed by atoms with Crippen LogP contribution in [0, 0.1) is 6.92 Å². The van der Waals surface area contributed by atoms with Gasteiger partial charge >= 0.3 is 0 Å². The van der Waals surface area contributed by atoms with Crippen LogP contribution >= 0.6 is 0 Å². The third-order valence-corrected chi connectivity index (χ3v) is 5.26. The average Bonchev–Trinajstić information content (AvgIpc) is 3.03. The lowest BCUT2D eigenvalue weighted by Gasteiger charge is -2.18. The molecule has 0 saturated carbocycles. The van der Waals surface area contributed by atoms with Gasteiger partial charge in [0.15, 0.2) is 0 Å². The van der Waals surface area contributed by atoms with Gasteiger partial charge in [0.25, 0.3) is 0 Å². The predicted molar refractivity (Wildman–Crippen MR) is 103 cm³/mol. The minimum atomic E-state index is 0.0345. The topological polar surface area (TPSA) is 67.4 Å². The number of nitrogens with one attached hydrogen (secondary N) is 1. The molecule has 1 aromatic heterocycles. The molecule has 4 rings (SSSR count). The lowest BCUT2D eigenvalue weighted by Crippen LogP contribution is -2.38. The van der Waals surface area contributed by atoms with E-state index in [1.54, 1.807) is 0 Å². The van der Waals surface area contributed by atoms with Crippen molar-refractivity contribution in [3.63, 3.8) is 0 Å². The third kappa shape index (κ3) is 4.27. The molecule has 27 heavy (non-hydrogen) atoms. The molecule has 0 atom stereocenters. The standard InChI is InChI=1S/C21H26N4O2/c1-15-17-6-4-7-18(17)24-20(23-15)9-10-22-21(26)14-25-11-12-27-19-8-3-2-5-16(19)13-25/h2-3,5,8H,4,6-7,9-14H2,1H3,(H,22,26). The Bertz CT molecular complexity index is 837. The first-order valence-electron chi connectivity index (χ1n) is 9.74. The van der Waals surface area contributed by atoms with Gasteiger partial charge in [-0.1, -0.05) is 18.2 Å². The molecule has 1 aliphatic carbocycles. The second-order valence-corrected chi connectivity index (χ2v) is 7.27. The molecule has 142 valence electrons. The van der Waals surface area contributed by atoms with E-state index in [9.17, 15) is 4.79 Å². The van der Waals surface area contributed by atoms with Crippen LogP contribution in [0.25, 0.3) is 0 Å². The second-order valence-electron chi connectivity index (χ2n) is 7.27. The first-order chi connectivity index (χ1) is 13.2. The number of carbonyl (C=O) groups excluding carboxylic acids is 1. The lowest BCUT2D eigenvalue weighted by atomic mass is 10.2. The van der Waals surface area contributed by atoms with Crippen molar-refractivity contribution < 1.29 is 9.53 Å². The molecule has 1 amide bonds. The number of para-hydroxylation sites is 1. The molecule has 2 aromatic rings. The molecule has 0 radical (unpaired) electrons. The van der Waals surface area contributed by atoms with Crippen molar-refractivity contribution >= 4 is 5.91 Å². The van der Waals surface area contributed by atoms with Gasteiger partial charge in [0.05, 0.1) is 6.54 Å². The largest absolute Gasteiger partial charge is 0.492 e. The summed E-state index contributed by atoms with van der Waals surface area (Å²) in [6, 6.07) is 8.02. The third-order valence-electron chi connectivity index (χ3n) is 5.26. The van der Waals surface area contributed by atoms with Crippen molar-refractivity contribution in [1.29, 1.82) is 0 Å². The Kier molecular flexibility index (Phi) is 5.34. The highest BCUT2D eigenvalue weighted by Crippen LogP contribution is 2.23. The fraction of sp³-hybridized carbons (Fsp3) is 0.476. The molecule has 0 saturated heterocycles. The van der Waals surface area contributed by atoms with Crippen LogP contribution in [0.4, 0.5) is 0 Å². The molecule has 2 heterocycles. The smallest absolute Gasteiger partial charge is 0.234 e. The van der Waals surface area contributed by atoms with Crippen LogP contribution in [0.2, 0.25) is 0 Å². The Hall–Kier alpha value is -2.47. The van der Waals surface area contributed by atoms with E-state index in [-0.39, 0.29) is 5.91 Å². The molecule has 0 fully saturated rings. The molecule has 1 aliphatic heterocycles. The van der Waals surface area contributed by atoms with Crippen molar-refractivity contribution in [3.8, 4) is 5.75 Å². The Morgan fingerprint density at radius 2 is 2.15 bits per heavy atom. The zero-order chi connectivity index (χ0) is 18.6. The first kappa shape index (κ1) is 17.9. The second kappa shape index (κ2) is 8.05. The van der Waals surface area contributed by atoms with Crippen LogP contribution in [0.15, 0.2) is 24.3 Å². The van der Waals surface area contributed by atoms with Gasteiger partial charge < -0.3 is 10.1 Å². The molecule has 1 N–H and O–H groups in total. The minimum Gasteiger partial charge on any atom is -0.492 e. The molecule has 2 aliphatic rings. The number of hydrogen-bond acceptors (Lipinski definition) is 5. The summed E-state index contributed by atoms with van der Waals surface area (Å²) in [5, 5.41) is 3.01. The fourth-order valence-corrected chi connectivity index (χ4v) is 3.88. The summed E-state index contributed by atoms with van der Waals surface area (Å²) >= 11 is 0. The Labute approximate surface area is 160 Å². The SMILES string of the molecule is Cc1nc(CCNC(=O)CN2CCOc3ccccc3C2)nc2c1CCC2. The van der Waals surface area contributed by atoms with Crippen LogP contribution in [0.1, 0.15) is 34.8 Å². The highest BCUT2D eigenvalue weighted by atomic mass is 16.5. The van der Waals surface area contributed by atoms with Crippen molar-refractivity contribution in [1.82, 2.24) is 20.2 Å². The number of ether oxygens (including phenoxy) is 1. The quantitative estimate of drug-likeness (QED) is 0.874. The first-order valence-corrected chi connectivity index (χ1v) is 9.74. The van der Waals surface area contributed by atoms with Gasteiger partial charge in [-0.3, -0.25) is 9.69 Å². The molecule has 6 heteroatoms. The van der Waals surface area contributed by atoms with E-state index in [2.05, 4.69) is 33.2 Å². The molecular formula is C21H26N4O2. The summed E-state index contributed by atoms with van der Waals surface area (Å²) < 4.78 is 5.76. The maximum Gasteiger partial charge on any atom is 0.234 e. The van der Waals surface area contributed by atoms with Gasteiger partial charge in [0, 0.05) is 43.0 Å². The summed E-state index contributed by atoms with van der Waals surface area (Å²) in [6.07, 6.45) is 4.00. The van der Waals surface area contributed by atoms with Crippen LogP contribution in [-0.4, -0.2) is 47.0 Å². The van der Waals surface area contributed by atoms with Crippen molar-refractivity contribution in [2.75, 3.05) is 26.2 Å². The number of nitrogens with zero attached hydrogens (tertiary/aromatic N) is 3. The number of amides is 1. The van der Waals surface area contributed by atoms with Gasteiger partial charge in [-0.2, -0.15) is 0 Å². The summed E-state index contributed by atoms with van der Waals surface area (Å²) in [5.74, 6) is 1.79. The van der Waals surface area contributed by atoms with E-state index in [1.165, 1.54) is 17.7 Å². The van der Waals surface area contributed by atoms with Crippen LogP contribution in [-0.2, 0) is 30.6 Å². The van der Waals surface area contributed by atoms with E-state index in [0.717, 1.165) is 48.8 Å². The van der Waals surface area contributed by atoms with Gasteiger partial charge in [-0.05, 0) is 37.8 Å². The molecule has 0 bridgehead atoms. The van der Waals surface area contributed by atoms with Crippen LogP contribution in [0.5, 0.6) is 5.75 Å². The highest BCUT2D eigenvalue weighted by Gasteiger charge is 2.18. The highest BCUT2D eigenvalue weighted by molar-refractivity contribution is 5.78. The predicted octanol–water partition coefficient (Wildman–Crippen LogP) is 1.83. The lowest BCUT2D eigenvalue weighted by molar-refractivity contribution is -0.122. The van der Waals surface area contributed by atoms with E-state index in [1.807, 2.05) is 18.2 Å². The van der Waals surface area contributed by atoms with Crippen molar-refractivity contribution in [3.05, 3.63) is 52.6 Å². The maximum atomic E-state index is 12.3. The number of rotatable bonds is 5. The number of fused-ring (bicyclic) bond motifs is 2. The molecular weight excluding hydrogens is 340 g/mol. The number of benzene rings is 1. The molecule has 0 unspecified atom stereocenters. The molecule has 1 aromatic carbocycles. The zero-order valence-corrected chi connectivity index (χ0v) is 15.8. The van der Waals surface area contributed by atoms with E-state index >= 15 is 0 Å². The fourth-order valence-electron chi connectivity index (χ4n) is 3.88. The average molecular weight is 366 g/mol. The van der Waals surface area contributed by atoms with E-state index in [0.29, 0.717) is 26.1 Å². The van der Waals surface area contributed by atoms with Gasteiger partial charge in [-0.15, -0.1) is 0 Å². The van der Waals surface area contributed by atoms with Crippen LogP contribution < -0.4 is 10.1 Å². The van der Waals surface area contributed by atoms with Gasteiger partial charge in [0.1, 0.15) is 18.2 Å². The normalized spacial score (nSPS) is 16.2. The summed E-state index contributed by atoms with van der Waals surface area (Å²) in [5.41, 5.74) is 4.75. The van der Waals surface area contributed by atoms with Crippen molar-refractivity contribution in [2.45, 2.75) is 39.2 Å². The zero-order valence-electron chi connectivity index (χ0n) is 15.8. The Morgan fingerprint density at radius 3 is 3.07 bits per heavy atom. The van der Waals surface area contributed by atoms with E-state index < -0.39 is 0 Å². The molecule has 0 spiro atoms. The van der Waals surface area contributed by atoms with E-state index in [4.69, 9.17) is 4.74 Å². The van der Waals surface area contributed by atoms with Gasteiger partial charge in [-0.25, -0.2) is 9.97 Å². The number of aromatic nitrogens is 2. The number of hydrogen-bond donors (Lipinski definition) is 1. The summed E-state index contributed by atoms with van der Waals surface area (Å²) in [7, 11) is 0. The summed E-state index contributed by atoms with van der Waals surface area (Å²) in [4.78, 5) is 23.7. The maximum absolute atomic E-state index is 12.3. The number of carbonyl (C=O) groups is 1. The van der Waals surface area contributed by atoms with Crippen molar-refractivity contribution in [2.24, 2.45) is 0 Å². The van der Waals surface area contributed by atoms with Gasteiger partial charge in [0.2, 0.25) is 5.91 Å². The number of aryl methyl sites for hydroxylation is 2. The Balaban J connectivity index is 1.27. The Morgan fingerprint density at radius 1 is 1.26 bits per heavy atom.